The highest BCUT2D eigenvalue weighted by Gasteiger charge is 2.34. The number of hydrogen-bond donors (Lipinski definition) is 1. The van der Waals surface area contributed by atoms with E-state index in [0.717, 1.165) is 35.3 Å². The maximum absolute atomic E-state index is 12.4. The normalized spacial score (nSPS) is 18.4. The Morgan fingerprint density at radius 2 is 2.04 bits per heavy atom. The van der Waals surface area contributed by atoms with Gasteiger partial charge >= 0.3 is 0 Å². The third kappa shape index (κ3) is 3.94. The smallest absolute Gasteiger partial charge is 0.220 e. The number of fused-ring (bicyclic) bond motifs is 1. The van der Waals surface area contributed by atoms with Crippen LogP contribution in [0.4, 0.5) is 0 Å². The van der Waals surface area contributed by atoms with Gasteiger partial charge in [-0.15, -0.1) is 0 Å². The summed E-state index contributed by atoms with van der Waals surface area (Å²) in [5, 5.41) is 3.19. The quantitative estimate of drug-likeness (QED) is 0.932. The molecule has 0 saturated carbocycles. The second kappa shape index (κ2) is 6.63. The topological polar surface area (TPSA) is 51.2 Å². The van der Waals surface area contributed by atoms with Crippen LogP contribution in [-0.2, 0) is 11.2 Å². The van der Waals surface area contributed by atoms with E-state index in [-0.39, 0.29) is 17.6 Å². The number of aromatic nitrogens is 1. The number of carbonyl (C=O) groups is 1. The molecule has 4 heteroatoms. The zero-order chi connectivity index (χ0) is 17.2. The summed E-state index contributed by atoms with van der Waals surface area (Å²) in [6, 6.07) is 10.1. The van der Waals surface area contributed by atoms with Gasteiger partial charge in [0.25, 0.3) is 0 Å². The lowest BCUT2D eigenvalue weighted by Crippen LogP contribution is -2.41. The van der Waals surface area contributed by atoms with Crippen molar-refractivity contribution < 1.29 is 9.53 Å². The largest absolute Gasteiger partial charge is 0.487 e. The summed E-state index contributed by atoms with van der Waals surface area (Å²) < 4.78 is 6.08. The Kier molecular flexibility index (Phi) is 4.56. The molecule has 24 heavy (non-hydrogen) atoms. The number of amides is 1. The van der Waals surface area contributed by atoms with E-state index in [1.165, 1.54) is 0 Å². The Bertz CT molecular complexity index is 726. The van der Waals surface area contributed by atoms with Crippen molar-refractivity contribution in [3.8, 4) is 5.75 Å². The third-order valence-corrected chi connectivity index (χ3v) is 4.35. The first-order chi connectivity index (χ1) is 11.4. The van der Waals surface area contributed by atoms with Crippen molar-refractivity contribution in [1.82, 2.24) is 10.3 Å². The Morgan fingerprint density at radius 3 is 2.79 bits per heavy atom. The van der Waals surface area contributed by atoms with Crippen molar-refractivity contribution in [1.29, 1.82) is 0 Å². The molecule has 1 amide bonds. The number of pyridine rings is 1. The summed E-state index contributed by atoms with van der Waals surface area (Å²) in [6.07, 6.45) is 5.48. The zero-order valence-electron chi connectivity index (χ0n) is 14.5. The van der Waals surface area contributed by atoms with Crippen LogP contribution in [0.25, 0.3) is 0 Å². The van der Waals surface area contributed by atoms with Crippen LogP contribution in [0.1, 0.15) is 49.4 Å². The first-order valence-electron chi connectivity index (χ1n) is 8.41. The summed E-state index contributed by atoms with van der Waals surface area (Å²) >= 11 is 0. The molecule has 2 heterocycles. The fourth-order valence-electron chi connectivity index (χ4n) is 3.16. The molecule has 1 N–H and O–H groups in total. The van der Waals surface area contributed by atoms with Gasteiger partial charge < -0.3 is 10.1 Å². The lowest BCUT2D eigenvalue weighted by Gasteiger charge is -2.38. The van der Waals surface area contributed by atoms with Crippen LogP contribution < -0.4 is 10.1 Å². The molecule has 2 aromatic rings. The number of rotatable bonds is 4. The van der Waals surface area contributed by atoms with Gasteiger partial charge in [-0.1, -0.05) is 12.1 Å². The van der Waals surface area contributed by atoms with E-state index in [1.54, 1.807) is 12.4 Å². The van der Waals surface area contributed by atoms with Crippen molar-refractivity contribution in [3.05, 3.63) is 59.4 Å². The van der Waals surface area contributed by atoms with Gasteiger partial charge in [0.2, 0.25) is 5.91 Å². The van der Waals surface area contributed by atoms with Crippen LogP contribution in [0, 0.1) is 6.92 Å². The average molecular weight is 324 g/mol. The number of nitrogens with one attached hydrogen (secondary N) is 1. The molecular formula is C20H24N2O2. The number of hydrogen-bond acceptors (Lipinski definition) is 3. The van der Waals surface area contributed by atoms with Crippen LogP contribution in [-0.4, -0.2) is 16.5 Å². The molecule has 0 aliphatic carbocycles. The maximum Gasteiger partial charge on any atom is 0.220 e. The molecule has 1 aromatic carbocycles. The van der Waals surface area contributed by atoms with E-state index in [4.69, 9.17) is 4.74 Å². The molecule has 1 unspecified atom stereocenters. The lowest BCUT2D eigenvalue weighted by atomic mass is 9.89. The fraction of sp³-hybridized carbons (Fsp3) is 0.400. The highest BCUT2D eigenvalue weighted by atomic mass is 16.5. The number of aryl methyl sites for hydroxylation is 2. The van der Waals surface area contributed by atoms with Gasteiger partial charge in [0.15, 0.2) is 0 Å². The SMILES string of the molecule is Cc1ccc2c(c1)OC(C)(C)CC2NC(=O)CCc1ccncc1. The maximum atomic E-state index is 12.4. The molecule has 0 bridgehead atoms. The first kappa shape index (κ1) is 16.5. The predicted octanol–water partition coefficient (Wildman–Crippen LogP) is 3.74. The highest BCUT2D eigenvalue weighted by molar-refractivity contribution is 5.77. The summed E-state index contributed by atoms with van der Waals surface area (Å²) in [7, 11) is 0. The molecule has 0 radical (unpaired) electrons. The van der Waals surface area contributed by atoms with E-state index in [9.17, 15) is 4.79 Å². The number of nitrogens with zero attached hydrogens (tertiary/aromatic N) is 1. The van der Waals surface area contributed by atoms with Gasteiger partial charge in [-0.05, 0) is 56.5 Å². The van der Waals surface area contributed by atoms with Gasteiger partial charge in [0.05, 0.1) is 6.04 Å². The number of benzene rings is 1. The Hall–Kier alpha value is -2.36. The number of ether oxygens (including phenoxy) is 1. The highest BCUT2D eigenvalue weighted by Crippen LogP contribution is 2.39. The van der Waals surface area contributed by atoms with Crippen molar-refractivity contribution in [2.24, 2.45) is 0 Å². The van der Waals surface area contributed by atoms with Gasteiger partial charge in [0, 0.05) is 30.8 Å². The molecule has 3 rings (SSSR count). The summed E-state index contributed by atoms with van der Waals surface area (Å²) in [4.78, 5) is 16.4. The average Bonchev–Trinajstić information content (AvgIpc) is 2.52. The minimum atomic E-state index is -0.288. The molecule has 1 aliphatic heterocycles. The van der Waals surface area contributed by atoms with E-state index in [1.807, 2.05) is 25.1 Å². The van der Waals surface area contributed by atoms with E-state index in [2.05, 4.69) is 36.3 Å². The van der Waals surface area contributed by atoms with E-state index in [0.29, 0.717) is 6.42 Å². The summed E-state index contributed by atoms with van der Waals surface area (Å²) in [6.45, 7) is 6.18. The van der Waals surface area contributed by atoms with Gasteiger partial charge in [0.1, 0.15) is 11.4 Å². The van der Waals surface area contributed by atoms with Crippen LogP contribution in [0.5, 0.6) is 5.75 Å². The monoisotopic (exact) mass is 324 g/mol. The summed E-state index contributed by atoms with van der Waals surface area (Å²) in [5.41, 5.74) is 3.07. The predicted molar refractivity (Wildman–Crippen MR) is 93.9 cm³/mol. The minimum absolute atomic E-state index is 0.00529. The van der Waals surface area contributed by atoms with E-state index >= 15 is 0 Å². The van der Waals surface area contributed by atoms with Crippen molar-refractivity contribution in [2.45, 2.75) is 51.7 Å². The number of carbonyl (C=O) groups excluding carboxylic acids is 1. The van der Waals surface area contributed by atoms with Crippen LogP contribution in [0.2, 0.25) is 0 Å². The van der Waals surface area contributed by atoms with Gasteiger partial charge in [-0.2, -0.15) is 0 Å². The third-order valence-electron chi connectivity index (χ3n) is 4.35. The second-order valence-corrected chi connectivity index (χ2v) is 7.08. The Balaban J connectivity index is 1.69. The molecule has 1 aromatic heterocycles. The summed E-state index contributed by atoms with van der Waals surface area (Å²) in [5.74, 6) is 0.951. The van der Waals surface area contributed by atoms with Gasteiger partial charge in [-0.3, -0.25) is 9.78 Å². The van der Waals surface area contributed by atoms with Gasteiger partial charge in [-0.25, -0.2) is 0 Å². The van der Waals surface area contributed by atoms with Crippen molar-refractivity contribution >= 4 is 5.91 Å². The first-order valence-corrected chi connectivity index (χ1v) is 8.41. The molecule has 0 saturated heterocycles. The molecule has 0 fully saturated rings. The molecule has 0 spiro atoms. The lowest BCUT2D eigenvalue weighted by molar-refractivity contribution is -0.122. The van der Waals surface area contributed by atoms with Crippen molar-refractivity contribution in [2.75, 3.05) is 0 Å². The molecule has 1 aliphatic rings. The van der Waals surface area contributed by atoms with Crippen molar-refractivity contribution in [3.63, 3.8) is 0 Å². The fourth-order valence-corrected chi connectivity index (χ4v) is 3.16. The minimum Gasteiger partial charge on any atom is -0.487 e. The standard InChI is InChI=1S/C20H24N2O2/c1-14-4-6-16-17(13-20(2,3)24-18(16)12-14)22-19(23)7-5-15-8-10-21-11-9-15/h4,6,8-12,17H,5,7,13H2,1-3H3,(H,22,23). The Labute approximate surface area is 143 Å². The second-order valence-electron chi connectivity index (χ2n) is 7.08. The molecular weight excluding hydrogens is 300 g/mol. The van der Waals surface area contributed by atoms with E-state index < -0.39 is 0 Å². The van der Waals surface area contributed by atoms with Crippen LogP contribution >= 0.6 is 0 Å². The van der Waals surface area contributed by atoms with Crippen LogP contribution in [0.3, 0.4) is 0 Å². The zero-order valence-corrected chi connectivity index (χ0v) is 14.5. The molecule has 4 nitrogen and oxygen atoms in total. The Morgan fingerprint density at radius 1 is 1.29 bits per heavy atom. The van der Waals surface area contributed by atoms with Crippen LogP contribution in [0.15, 0.2) is 42.7 Å². The molecule has 1 atom stereocenters. The molecule has 126 valence electrons.